The highest BCUT2D eigenvalue weighted by molar-refractivity contribution is 7.38. The quantitative estimate of drug-likeness (QED) is 0.418. The van der Waals surface area contributed by atoms with Crippen molar-refractivity contribution >= 4 is 14.0 Å². The van der Waals surface area contributed by atoms with E-state index in [1.165, 1.54) is 30.5 Å². The second-order valence-corrected chi connectivity index (χ2v) is 7.95. The molecule has 0 saturated carbocycles. The van der Waals surface area contributed by atoms with Gasteiger partial charge in [-0.3, -0.25) is 0 Å². The van der Waals surface area contributed by atoms with Crippen molar-refractivity contribution in [2.24, 2.45) is 10.8 Å². The van der Waals surface area contributed by atoms with Gasteiger partial charge in [0.05, 0.1) is 0 Å². The molecule has 0 spiro atoms. The fourth-order valence-electron chi connectivity index (χ4n) is 1.77. The molecule has 1 heteroatoms. The van der Waals surface area contributed by atoms with Gasteiger partial charge in [0.2, 0.25) is 0 Å². The second kappa shape index (κ2) is 6.20. The topological polar surface area (TPSA) is 0 Å². The fourth-order valence-corrected chi connectivity index (χ4v) is 2.42. The highest BCUT2D eigenvalue weighted by atomic mass is 31.1. The Labute approximate surface area is 116 Å². The van der Waals surface area contributed by atoms with Crippen LogP contribution in [0.5, 0.6) is 0 Å². The minimum Gasteiger partial charge on any atom is -0.107 e. The van der Waals surface area contributed by atoms with Crippen molar-refractivity contribution in [2.45, 2.75) is 62.3 Å². The van der Waals surface area contributed by atoms with Crippen molar-refractivity contribution in [2.75, 3.05) is 6.66 Å². The third-order valence-electron chi connectivity index (χ3n) is 3.88. The molecule has 18 heavy (non-hydrogen) atoms. The molecule has 0 rings (SSSR count). The SMILES string of the molecule is CP=CC(/C(C)=C(/C)C(C)(C)C)=C(\C)C(C)(C)C. The summed E-state index contributed by atoms with van der Waals surface area (Å²) in [7, 11) is 1.33. The summed E-state index contributed by atoms with van der Waals surface area (Å²) < 4.78 is 0. The molecule has 0 unspecified atom stereocenters. The first-order chi connectivity index (χ1) is 7.92. The number of allylic oxidation sites excluding steroid dienone is 4. The molecular weight excluding hydrogens is 235 g/mol. The van der Waals surface area contributed by atoms with Gasteiger partial charge in [-0.05, 0) is 55.2 Å². The van der Waals surface area contributed by atoms with E-state index in [9.17, 15) is 0 Å². The molecule has 0 bridgehead atoms. The van der Waals surface area contributed by atoms with Gasteiger partial charge >= 0.3 is 0 Å². The average Bonchev–Trinajstić information content (AvgIpc) is 2.20. The monoisotopic (exact) mass is 266 g/mol. The molecule has 0 atom stereocenters. The van der Waals surface area contributed by atoms with Crippen molar-refractivity contribution < 1.29 is 0 Å². The molecule has 0 aromatic rings. The van der Waals surface area contributed by atoms with Crippen LogP contribution in [0.25, 0.3) is 0 Å². The number of hydrogen-bond donors (Lipinski definition) is 0. The Balaban J connectivity index is 5.99. The van der Waals surface area contributed by atoms with E-state index in [-0.39, 0.29) is 10.8 Å². The van der Waals surface area contributed by atoms with Gasteiger partial charge < -0.3 is 0 Å². The van der Waals surface area contributed by atoms with Gasteiger partial charge in [0.15, 0.2) is 0 Å². The lowest BCUT2D eigenvalue weighted by Crippen LogP contribution is -2.14. The minimum absolute atomic E-state index is 0.232. The molecule has 0 aromatic carbocycles. The summed E-state index contributed by atoms with van der Waals surface area (Å²) in [6, 6.07) is 0. The van der Waals surface area contributed by atoms with Crippen LogP contribution in [0.1, 0.15) is 62.3 Å². The summed E-state index contributed by atoms with van der Waals surface area (Å²) in [5.74, 6) is 2.35. The first-order valence-electron chi connectivity index (χ1n) is 6.74. The normalized spacial score (nSPS) is 16.8. The van der Waals surface area contributed by atoms with Crippen LogP contribution in [-0.2, 0) is 0 Å². The summed E-state index contributed by atoms with van der Waals surface area (Å²) in [6.45, 7) is 22.8. The van der Waals surface area contributed by atoms with Crippen molar-refractivity contribution in [3.8, 4) is 0 Å². The molecule has 0 aromatic heterocycles. The second-order valence-electron chi connectivity index (χ2n) is 7.18. The van der Waals surface area contributed by atoms with Gasteiger partial charge in [0.1, 0.15) is 0 Å². The van der Waals surface area contributed by atoms with Crippen molar-refractivity contribution in [1.82, 2.24) is 0 Å². The molecule has 104 valence electrons. The van der Waals surface area contributed by atoms with Crippen LogP contribution in [-0.4, -0.2) is 12.5 Å². The maximum Gasteiger partial charge on any atom is -0.0167 e. The van der Waals surface area contributed by atoms with Gasteiger partial charge in [0.25, 0.3) is 0 Å². The Morgan fingerprint density at radius 1 is 0.778 bits per heavy atom. The first-order valence-corrected chi connectivity index (χ1v) is 8.15. The largest absolute Gasteiger partial charge is 0.107 e. The third kappa shape index (κ3) is 4.73. The Kier molecular flexibility index (Phi) is 6.08. The van der Waals surface area contributed by atoms with Gasteiger partial charge in [-0.25, -0.2) is 0 Å². The van der Waals surface area contributed by atoms with E-state index in [2.05, 4.69) is 74.8 Å². The lowest BCUT2D eigenvalue weighted by atomic mass is 9.78. The van der Waals surface area contributed by atoms with E-state index in [1.54, 1.807) is 0 Å². The third-order valence-corrected chi connectivity index (χ3v) is 4.40. The zero-order valence-corrected chi connectivity index (χ0v) is 14.9. The summed E-state index contributed by atoms with van der Waals surface area (Å²) in [6.07, 6.45) is 0. The Morgan fingerprint density at radius 3 is 1.44 bits per heavy atom. The molecule has 0 fully saturated rings. The Hall–Kier alpha value is -0.350. The molecule has 0 nitrogen and oxygen atoms in total. The molecule has 0 heterocycles. The lowest BCUT2D eigenvalue weighted by Gasteiger charge is -2.27. The van der Waals surface area contributed by atoms with Gasteiger partial charge in [-0.1, -0.05) is 52.7 Å². The molecule has 0 amide bonds. The highest BCUT2D eigenvalue weighted by Gasteiger charge is 2.21. The number of rotatable bonds is 2. The van der Waals surface area contributed by atoms with E-state index in [1.807, 2.05) is 0 Å². The standard InChI is InChI=1S/C17H31P/c1-12(13(2)16(4,5)6)15(11-18-10)14(3)17(7,8)9/h11H,1-10H3/b13-12-,15-14-. The molecule has 0 saturated heterocycles. The maximum atomic E-state index is 2.35. The van der Waals surface area contributed by atoms with Crippen LogP contribution < -0.4 is 0 Å². The summed E-state index contributed by atoms with van der Waals surface area (Å²) in [4.78, 5) is 0. The zero-order chi connectivity index (χ0) is 14.7. The van der Waals surface area contributed by atoms with Gasteiger partial charge in [-0.2, -0.15) is 0 Å². The van der Waals surface area contributed by atoms with Crippen molar-refractivity contribution in [3.05, 3.63) is 22.3 Å². The Morgan fingerprint density at radius 2 is 1.17 bits per heavy atom. The predicted octanol–water partition coefficient (Wildman–Crippen LogP) is 6.11. The van der Waals surface area contributed by atoms with E-state index >= 15 is 0 Å². The van der Waals surface area contributed by atoms with E-state index in [4.69, 9.17) is 0 Å². The van der Waals surface area contributed by atoms with Crippen LogP contribution in [0.2, 0.25) is 0 Å². The lowest BCUT2D eigenvalue weighted by molar-refractivity contribution is 0.493. The average molecular weight is 266 g/mol. The maximum absolute atomic E-state index is 2.35. The zero-order valence-electron chi connectivity index (χ0n) is 14.0. The smallest absolute Gasteiger partial charge is 0.0167 e. The molecule has 0 aliphatic rings. The molecule has 0 aliphatic heterocycles. The van der Waals surface area contributed by atoms with Crippen LogP contribution in [0, 0.1) is 10.8 Å². The summed E-state index contributed by atoms with van der Waals surface area (Å²) >= 11 is 0. The predicted molar refractivity (Wildman–Crippen MR) is 88.9 cm³/mol. The van der Waals surface area contributed by atoms with E-state index < -0.39 is 0 Å². The minimum atomic E-state index is 0.232. The fraction of sp³-hybridized carbons (Fsp3) is 0.706. The Bertz CT molecular complexity index is 379. The molecule has 0 aliphatic carbocycles. The highest BCUT2D eigenvalue weighted by Crippen LogP contribution is 2.35. The van der Waals surface area contributed by atoms with Crippen LogP contribution in [0.15, 0.2) is 22.3 Å². The van der Waals surface area contributed by atoms with Crippen LogP contribution in [0.4, 0.5) is 0 Å². The van der Waals surface area contributed by atoms with Crippen molar-refractivity contribution in [1.29, 1.82) is 0 Å². The molecular formula is C17H31P. The van der Waals surface area contributed by atoms with Crippen LogP contribution >= 0.6 is 8.20 Å². The summed E-state index contributed by atoms with van der Waals surface area (Å²) in [5, 5.41) is 0. The van der Waals surface area contributed by atoms with Gasteiger partial charge in [0, 0.05) is 0 Å². The van der Waals surface area contributed by atoms with Crippen LogP contribution in [0.3, 0.4) is 0 Å². The first kappa shape index (κ1) is 17.6. The van der Waals surface area contributed by atoms with Gasteiger partial charge in [-0.15, -0.1) is 8.20 Å². The number of hydrogen-bond acceptors (Lipinski definition) is 0. The molecule has 0 N–H and O–H groups in total. The van der Waals surface area contributed by atoms with Crippen molar-refractivity contribution in [3.63, 3.8) is 0 Å². The van der Waals surface area contributed by atoms with E-state index in [0.717, 1.165) is 0 Å². The van der Waals surface area contributed by atoms with E-state index in [0.29, 0.717) is 0 Å². The summed E-state index contributed by atoms with van der Waals surface area (Å²) in [5.41, 5.74) is 6.34. The molecule has 0 radical (unpaired) electrons.